The smallest absolute Gasteiger partial charge is 0.0548 e. The van der Waals surface area contributed by atoms with E-state index in [1.165, 1.54) is 5.56 Å². The summed E-state index contributed by atoms with van der Waals surface area (Å²) in [5.74, 6) is 0. The van der Waals surface area contributed by atoms with E-state index >= 15 is 0 Å². The van der Waals surface area contributed by atoms with Crippen LogP contribution in [0.3, 0.4) is 0 Å². The number of halogens is 2. The average molecular weight is 235 g/mol. The fourth-order valence-corrected chi connectivity index (χ4v) is 1.40. The van der Waals surface area contributed by atoms with Gasteiger partial charge in [0.2, 0.25) is 0 Å². The molecule has 0 bridgehead atoms. The van der Waals surface area contributed by atoms with Crippen molar-refractivity contribution in [2.45, 2.75) is 6.54 Å². The molecule has 0 aliphatic heterocycles. The summed E-state index contributed by atoms with van der Waals surface area (Å²) in [5, 5.41) is 3.82. The normalized spacial score (nSPS) is 10.1. The van der Waals surface area contributed by atoms with Gasteiger partial charge in [-0.25, -0.2) is 0 Å². The Hall–Kier alpha value is -0.0500. The molecule has 0 unspecified atom stereocenters. The standard InChI is InChI=1S/C8H9BrClN/c1-11-5-6-2-3-8(10)7(9)4-6/h2-4,11H,5H2,1H3. The molecule has 0 heterocycles. The molecule has 0 radical (unpaired) electrons. The van der Waals surface area contributed by atoms with Crippen molar-refractivity contribution >= 4 is 27.5 Å². The van der Waals surface area contributed by atoms with E-state index in [1.54, 1.807) is 0 Å². The maximum atomic E-state index is 5.81. The molecule has 60 valence electrons. The average Bonchev–Trinajstić information content (AvgIpc) is 1.98. The van der Waals surface area contributed by atoms with Gasteiger partial charge < -0.3 is 5.32 Å². The Morgan fingerprint density at radius 1 is 1.55 bits per heavy atom. The van der Waals surface area contributed by atoms with Gasteiger partial charge in [0, 0.05) is 11.0 Å². The van der Waals surface area contributed by atoms with Crippen molar-refractivity contribution in [1.82, 2.24) is 5.32 Å². The van der Waals surface area contributed by atoms with Crippen LogP contribution in [0, 0.1) is 0 Å². The molecule has 0 spiro atoms. The van der Waals surface area contributed by atoms with Gasteiger partial charge in [0.15, 0.2) is 0 Å². The molecule has 0 atom stereocenters. The minimum Gasteiger partial charge on any atom is -0.316 e. The van der Waals surface area contributed by atoms with Gasteiger partial charge in [-0.3, -0.25) is 0 Å². The van der Waals surface area contributed by atoms with E-state index in [0.29, 0.717) is 0 Å². The zero-order chi connectivity index (χ0) is 8.27. The topological polar surface area (TPSA) is 12.0 Å². The van der Waals surface area contributed by atoms with E-state index in [1.807, 2.05) is 25.2 Å². The van der Waals surface area contributed by atoms with Gasteiger partial charge in [-0.2, -0.15) is 0 Å². The number of hydrogen-bond acceptors (Lipinski definition) is 1. The van der Waals surface area contributed by atoms with Crippen molar-refractivity contribution in [2.75, 3.05) is 7.05 Å². The van der Waals surface area contributed by atoms with Crippen LogP contribution in [0.25, 0.3) is 0 Å². The van der Waals surface area contributed by atoms with Crippen LogP contribution in [-0.2, 0) is 6.54 Å². The molecule has 1 aromatic rings. The lowest BCUT2D eigenvalue weighted by atomic mass is 10.2. The van der Waals surface area contributed by atoms with Crippen LogP contribution in [-0.4, -0.2) is 7.05 Å². The van der Waals surface area contributed by atoms with Crippen molar-refractivity contribution < 1.29 is 0 Å². The molecule has 3 heteroatoms. The molecular formula is C8H9BrClN. The van der Waals surface area contributed by atoms with Crippen LogP contribution in [0.5, 0.6) is 0 Å². The van der Waals surface area contributed by atoms with E-state index in [2.05, 4.69) is 21.2 Å². The molecule has 1 rings (SSSR count). The molecule has 0 saturated carbocycles. The molecular weight excluding hydrogens is 225 g/mol. The van der Waals surface area contributed by atoms with Crippen LogP contribution >= 0.6 is 27.5 Å². The number of hydrogen-bond donors (Lipinski definition) is 1. The molecule has 0 saturated heterocycles. The van der Waals surface area contributed by atoms with Gasteiger partial charge in [0.1, 0.15) is 0 Å². The molecule has 11 heavy (non-hydrogen) atoms. The summed E-state index contributed by atoms with van der Waals surface area (Å²) in [6.07, 6.45) is 0. The van der Waals surface area contributed by atoms with Gasteiger partial charge in [0.25, 0.3) is 0 Å². The van der Waals surface area contributed by atoms with Gasteiger partial charge in [-0.05, 0) is 40.7 Å². The fourth-order valence-electron chi connectivity index (χ4n) is 0.854. The predicted molar refractivity (Wildman–Crippen MR) is 51.9 cm³/mol. The highest BCUT2D eigenvalue weighted by Crippen LogP contribution is 2.22. The fraction of sp³-hybridized carbons (Fsp3) is 0.250. The Labute approximate surface area is 79.9 Å². The van der Waals surface area contributed by atoms with Gasteiger partial charge in [-0.15, -0.1) is 0 Å². The van der Waals surface area contributed by atoms with Crippen molar-refractivity contribution in [3.63, 3.8) is 0 Å². The first kappa shape index (κ1) is 9.04. The first-order valence-corrected chi connectivity index (χ1v) is 4.49. The van der Waals surface area contributed by atoms with Crippen molar-refractivity contribution in [3.05, 3.63) is 33.3 Å². The van der Waals surface area contributed by atoms with Gasteiger partial charge in [-0.1, -0.05) is 17.7 Å². The highest BCUT2D eigenvalue weighted by atomic mass is 79.9. The van der Waals surface area contributed by atoms with Crippen LogP contribution in [0.1, 0.15) is 5.56 Å². The Morgan fingerprint density at radius 3 is 2.82 bits per heavy atom. The SMILES string of the molecule is CNCc1ccc(Cl)c(Br)c1. The van der Waals surface area contributed by atoms with E-state index in [4.69, 9.17) is 11.6 Å². The zero-order valence-electron chi connectivity index (χ0n) is 6.20. The monoisotopic (exact) mass is 233 g/mol. The quantitative estimate of drug-likeness (QED) is 0.830. The van der Waals surface area contributed by atoms with Crippen molar-refractivity contribution in [1.29, 1.82) is 0 Å². The van der Waals surface area contributed by atoms with Gasteiger partial charge in [0.05, 0.1) is 5.02 Å². The minimum absolute atomic E-state index is 0.754. The molecule has 0 aliphatic carbocycles. The third kappa shape index (κ3) is 2.47. The Bertz CT molecular complexity index is 250. The Balaban J connectivity index is 2.86. The van der Waals surface area contributed by atoms with Gasteiger partial charge >= 0.3 is 0 Å². The highest BCUT2D eigenvalue weighted by Gasteiger charge is 1.96. The maximum absolute atomic E-state index is 5.81. The van der Waals surface area contributed by atoms with E-state index in [0.717, 1.165) is 16.0 Å². The van der Waals surface area contributed by atoms with Crippen LogP contribution in [0.2, 0.25) is 5.02 Å². The summed E-state index contributed by atoms with van der Waals surface area (Å²) in [7, 11) is 1.92. The van der Waals surface area contributed by atoms with Crippen molar-refractivity contribution in [3.8, 4) is 0 Å². The summed E-state index contributed by atoms with van der Waals surface area (Å²) in [6, 6.07) is 5.90. The first-order chi connectivity index (χ1) is 5.24. The molecule has 0 fully saturated rings. The molecule has 1 nitrogen and oxygen atoms in total. The summed E-state index contributed by atoms with van der Waals surface area (Å²) >= 11 is 9.17. The van der Waals surface area contributed by atoms with Crippen molar-refractivity contribution in [2.24, 2.45) is 0 Å². The van der Waals surface area contributed by atoms with Crippen LogP contribution in [0.4, 0.5) is 0 Å². The first-order valence-electron chi connectivity index (χ1n) is 3.32. The summed E-state index contributed by atoms with van der Waals surface area (Å²) in [5.41, 5.74) is 1.23. The predicted octanol–water partition coefficient (Wildman–Crippen LogP) is 2.82. The third-order valence-corrected chi connectivity index (χ3v) is 2.58. The highest BCUT2D eigenvalue weighted by molar-refractivity contribution is 9.10. The Kier molecular flexibility index (Phi) is 3.37. The summed E-state index contributed by atoms with van der Waals surface area (Å²) < 4.78 is 0.951. The Morgan fingerprint density at radius 2 is 2.27 bits per heavy atom. The van der Waals surface area contributed by atoms with Crippen LogP contribution in [0.15, 0.2) is 22.7 Å². The molecule has 0 aromatic heterocycles. The van der Waals surface area contributed by atoms with E-state index in [9.17, 15) is 0 Å². The second-order valence-electron chi connectivity index (χ2n) is 2.28. The summed E-state index contributed by atoms with van der Waals surface area (Å²) in [6.45, 7) is 0.871. The molecule has 0 aliphatic rings. The number of nitrogens with one attached hydrogen (secondary N) is 1. The lowest BCUT2D eigenvalue weighted by Gasteiger charge is -2.01. The lowest BCUT2D eigenvalue weighted by Crippen LogP contribution is -2.04. The summed E-state index contributed by atoms with van der Waals surface area (Å²) in [4.78, 5) is 0. The lowest BCUT2D eigenvalue weighted by molar-refractivity contribution is 0.817. The second-order valence-corrected chi connectivity index (χ2v) is 3.54. The van der Waals surface area contributed by atoms with Crippen LogP contribution < -0.4 is 5.32 Å². The maximum Gasteiger partial charge on any atom is 0.0548 e. The molecule has 1 N–H and O–H groups in total. The molecule has 0 amide bonds. The zero-order valence-corrected chi connectivity index (χ0v) is 8.54. The second kappa shape index (κ2) is 4.10. The number of rotatable bonds is 2. The molecule has 1 aromatic carbocycles. The van der Waals surface area contributed by atoms with E-state index in [-0.39, 0.29) is 0 Å². The number of benzene rings is 1. The third-order valence-electron chi connectivity index (χ3n) is 1.36. The minimum atomic E-state index is 0.754. The van der Waals surface area contributed by atoms with E-state index < -0.39 is 0 Å². The largest absolute Gasteiger partial charge is 0.316 e.